The summed E-state index contributed by atoms with van der Waals surface area (Å²) in [6.45, 7) is 8.52. The van der Waals surface area contributed by atoms with E-state index in [9.17, 15) is 0 Å². The lowest BCUT2D eigenvalue weighted by atomic mass is 10.2. The number of hydrogen-bond acceptors (Lipinski definition) is 4. The van der Waals surface area contributed by atoms with E-state index < -0.39 is 0 Å². The van der Waals surface area contributed by atoms with E-state index in [1.54, 1.807) is 11.3 Å². The molecule has 2 rings (SSSR count). The molecule has 0 saturated carbocycles. The Morgan fingerprint density at radius 3 is 2.50 bits per heavy atom. The highest BCUT2D eigenvalue weighted by atomic mass is 79.9. The zero-order valence-electron chi connectivity index (χ0n) is 11.0. The van der Waals surface area contributed by atoms with E-state index in [1.807, 2.05) is 18.3 Å². The molecule has 0 spiro atoms. The fourth-order valence-electron chi connectivity index (χ4n) is 1.74. The van der Waals surface area contributed by atoms with Crippen LogP contribution in [0, 0.1) is 13.8 Å². The van der Waals surface area contributed by atoms with Gasteiger partial charge in [0.1, 0.15) is 5.01 Å². The molecule has 0 radical (unpaired) electrons. The Hall–Kier alpha value is -0.230. The van der Waals surface area contributed by atoms with E-state index in [1.165, 1.54) is 14.2 Å². The largest absolute Gasteiger partial charge is 0.301 e. The van der Waals surface area contributed by atoms with Crippen molar-refractivity contribution in [1.82, 2.24) is 10.3 Å². The normalized spacial score (nSPS) is 13.2. The Kier molecular flexibility index (Phi) is 4.59. The highest BCUT2D eigenvalue weighted by Gasteiger charge is 2.20. The average Bonchev–Trinajstić information content (AvgIpc) is 2.83. The molecule has 2 aromatic heterocycles. The lowest BCUT2D eigenvalue weighted by Gasteiger charge is -2.17. The fourth-order valence-corrected chi connectivity index (χ4v) is 4.31. The van der Waals surface area contributed by atoms with Gasteiger partial charge in [-0.2, -0.15) is 0 Å². The molecule has 0 aliphatic rings. The van der Waals surface area contributed by atoms with E-state index in [0.29, 0.717) is 6.04 Å². The van der Waals surface area contributed by atoms with Crippen LogP contribution < -0.4 is 5.32 Å². The summed E-state index contributed by atoms with van der Waals surface area (Å²) in [6.07, 6.45) is 0. The lowest BCUT2D eigenvalue weighted by Crippen LogP contribution is -2.28. The van der Waals surface area contributed by atoms with Crippen LogP contribution >= 0.6 is 38.6 Å². The second-order valence-electron chi connectivity index (χ2n) is 4.63. The van der Waals surface area contributed by atoms with Gasteiger partial charge in [-0.05, 0) is 49.7 Å². The molecule has 5 heteroatoms. The molecule has 1 N–H and O–H groups in total. The zero-order valence-corrected chi connectivity index (χ0v) is 14.2. The quantitative estimate of drug-likeness (QED) is 0.871. The maximum atomic E-state index is 4.63. The van der Waals surface area contributed by atoms with Gasteiger partial charge in [0.05, 0.1) is 6.04 Å². The Morgan fingerprint density at radius 1 is 1.33 bits per heavy atom. The van der Waals surface area contributed by atoms with Gasteiger partial charge in [-0.15, -0.1) is 22.7 Å². The standard InChI is InChI=1S/C13H17BrN2S2/c1-7(2)15-12(13-16-8(3)6-17-13)11-5-10(14)9(4)18-11/h5-7,12,15H,1-4H3. The molecule has 0 aliphatic heterocycles. The molecule has 98 valence electrons. The molecule has 2 aromatic rings. The molecule has 2 heterocycles. The fraction of sp³-hybridized carbons (Fsp3) is 0.462. The topological polar surface area (TPSA) is 24.9 Å². The molecular weight excluding hydrogens is 328 g/mol. The first-order chi connectivity index (χ1) is 8.47. The smallest absolute Gasteiger partial charge is 0.115 e. The number of halogens is 1. The first kappa shape index (κ1) is 14.2. The number of nitrogens with one attached hydrogen (secondary N) is 1. The molecule has 0 fully saturated rings. The molecule has 0 aromatic carbocycles. The third-order valence-corrected chi connectivity index (χ3v) is 5.77. The Morgan fingerprint density at radius 2 is 2.06 bits per heavy atom. The summed E-state index contributed by atoms with van der Waals surface area (Å²) in [5.74, 6) is 0. The van der Waals surface area contributed by atoms with Gasteiger partial charge in [0.25, 0.3) is 0 Å². The summed E-state index contributed by atoms with van der Waals surface area (Å²) < 4.78 is 1.19. The van der Waals surface area contributed by atoms with Crippen LogP contribution in [0.5, 0.6) is 0 Å². The van der Waals surface area contributed by atoms with E-state index in [-0.39, 0.29) is 6.04 Å². The van der Waals surface area contributed by atoms with Gasteiger partial charge in [-0.25, -0.2) is 4.98 Å². The second-order valence-corrected chi connectivity index (χ2v) is 7.67. The minimum absolute atomic E-state index is 0.207. The number of nitrogens with zero attached hydrogens (tertiary/aromatic N) is 1. The van der Waals surface area contributed by atoms with Gasteiger partial charge in [-0.3, -0.25) is 0 Å². The van der Waals surface area contributed by atoms with Crippen molar-refractivity contribution in [3.05, 3.63) is 36.4 Å². The first-order valence-electron chi connectivity index (χ1n) is 5.91. The maximum Gasteiger partial charge on any atom is 0.115 e. The number of aromatic nitrogens is 1. The van der Waals surface area contributed by atoms with Crippen LogP contribution in [-0.4, -0.2) is 11.0 Å². The van der Waals surface area contributed by atoms with Crippen molar-refractivity contribution in [3.8, 4) is 0 Å². The van der Waals surface area contributed by atoms with Gasteiger partial charge in [0.15, 0.2) is 0 Å². The number of thiazole rings is 1. The van der Waals surface area contributed by atoms with Crippen LogP contribution in [0.2, 0.25) is 0 Å². The highest BCUT2D eigenvalue weighted by molar-refractivity contribution is 9.10. The summed E-state index contributed by atoms with van der Waals surface area (Å²) in [7, 11) is 0. The van der Waals surface area contributed by atoms with Gasteiger partial charge < -0.3 is 5.32 Å². The third-order valence-electron chi connectivity index (χ3n) is 2.54. The predicted octanol–water partition coefficient (Wildman–Crippen LogP) is 4.67. The van der Waals surface area contributed by atoms with E-state index in [2.05, 4.69) is 58.4 Å². The van der Waals surface area contributed by atoms with Gasteiger partial charge >= 0.3 is 0 Å². The second kappa shape index (κ2) is 5.82. The minimum Gasteiger partial charge on any atom is -0.301 e. The molecule has 1 atom stereocenters. The Balaban J connectivity index is 2.36. The summed E-state index contributed by atoms with van der Waals surface area (Å²) in [6, 6.07) is 2.84. The zero-order chi connectivity index (χ0) is 13.3. The molecule has 0 amide bonds. The maximum absolute atomic E-state index is 4.63. The molecule has 0 bridgehead atoms. The Bertz CT molecular complexity index is 511. The average molecular weight is 345 g/mol. The van der Waals surface area contributed by atoms with Crippen molar-refractivity contribution in [2.75, 3.05) is 0 Å². The molecular formula is C13H17BrN2S2. The van der Waals surface area contributed by atoms with Crippen LogP contribution in [0.3, 0.4) is 0 Å². The summed E-state index contributed by atoms with van der Waals surface area (Å²) in [5, 5.41) is 6.86. The first-order valence-corrected chi connectivity index (χ1v) is 8.40. The molecule has 1 unspecified atom stereocenters. The van der Waals surface area contributed by atoms with Crippen LogP contribution in [0.1, 0.15) is 40.3 Å². The van der Waals surface area contributed by atoms with Crippen LogP contribution in [0.15, 0.2) is 15.9 Å². The number of aryl methyl sites for hydroxylation is 2. The van der Waals surface area contributed by atoms with Crippen LogP contribution in [0.4, 0.5) is 0 Å². The monoisotopic (exact) mass is 344 g/mol. The molecule has 18 heavy (non-hydrogen) atoms. The van der Waals surface area contributed by atoms with Crippen molar-refractivity contribution < 1.29 is 0 Å². The lowest BCUT2D eigenvalue weighted by molar-refractivity contribution is 0.532. The van der Waals surface area contributed by atoms with Crippen molar-refractivity contribution in [2.45, 2.75) is 39.8 Å². The third kappa shape index (κ3) is 3.20. The SMILES string of the molecule is Cc1csc(C(NC(C)C)c2cc(Br)c(C)s2)n1. The highest BCUT2D eigenvalue weighted by Crippen LogP contribution is 2.35. The number of rotatable bonds is 4. The summed E-state index contributed by atoms with van der Waals surface area (Å²) >= 11 is 7.15. The van der Waals surface area contributed by atoms with Gasteiger partial charge in [0, 0.05) is 31.3 Å². The summed E-state index contributed by atoms with van der Waals surface area (Å²) in [5.41, 5.74) is 1.10. The minimum atomic E-state index is 0.207. The van der Waals surface area contributed by atoms with Crippen molar-refractivity contribution in [1.29, 1.82) is 0 Å². The molecule has 0 saturated heterocycles. The van der Waals surface area contributed by atoms with Crippen molar-refractivity contribution >= 4 is 38.6 Å². The molecule has 0 aliphatic carbocycles. The van der Waals surface area contributed by atoms with E-state index >= 15 is 0 Å². The number of thiophene rings is 1. The van der Waals surface area contributed by atoms with Crippen molar-refractivity contribution in [3.63, 3.8) is 0 Å². The van der Waals surface area contributed by atoms with E-state index in [4.69, 9.17) is 0 Å². The number of hydrogen-bond donors (Lipinski definition) is 1. The molecule has 2 nitrogen and oxygen atoms in total. The van der Waals surface area contributed by atoms with Gasteiger partial charge in [0.2, 0.25) is 0 Å². The summed E-state index contributed by atoms with van der Waals surface area (Å²) in [4.78, 5) is 7.26. The van der Waals surface area contributed by atoms with Gasteiger partial charge in [-0.1, -0.05) is 0 Å². The van der Waals surface area contributed by atoms with Crippen molar-refractivity contribution in [2.24, 2.45) is 0 Å². The van der Waals surface area contributed by atoms with Crippen LogP contribution in [-0.2, 0) is 0 Å². The van der Waals surface area contributed by atoms with E-state index in [0.717, 1.165) is 10.7 Å². The Labute approximate surface area is 125 Å². The van der Waals surface area contributed by atoms with Crippen LogP contribution in [0.25, 0.3) is 0 Å². The predicted molar refractivity (Wildman–Crippen MR) is 83.7 cm³/mol.